The average Bonchev–Trinajstić information content (AvgIpc) is 2.67. The Bertz CT molecular complexity index is 627. The van der Waals surface area contributed by atoms with E-state index in [1.807, 2.05) is 0 Å². The molecule has 2 aromatic rings. The van der Waals surface area contributed by atoms with Gasteiger partial charge in [0.15, 0.2) is 23.1 Å². The zero-order chi connectivity index (χ0) is 13.4. The van der Waals surface area contributed by atoms with Crippen molar-refractivity contribution in [1.29, 1.82) is 0 Å². The maximum Gasteiger partial charge on any atom is 0.174 e. The molecule has 0 radical (unpaired) electrons. The molecule has 1 aromatic carbocycles. The predicted molar refractivity (Wildman–Crippen MR) is 65.7 cm³/mol. The highest BCUT2D eigenvalue weighted by molar-refractivity contribution is 5.78. The minimum Gasteiger partial charge on any atom is -0.504 e. The fourth-order valence-electron chi connectivity index (χ4n) is 1.98. The van der Waals surface area contributed by atoms with Crippen molar-refractivity contribution >= 4 is 5.82 Å². The predicted octanol–water partition coefficient (Wildman–Crippen LogP) is 1.66. The third kappa shape index (κ3) is 1.92. The number of anilines is 1. The molecule has 1 aliphatic rings. The van der Waals surface area contributed by atoms with Crippen molar-refractivity contribution in [1.82, 2.24) is 10.2 Å². The van der Waals surface area contributed by atoms with Crippen LogP contribution in [0.25, 0.3) is 11.3 Å². The monoisotopic (exact) mass is 265 g/mol. The SMILES string of the molecule is Nc1cc(-c2c(O)c(F)cc3c2OCCCO3)[nH]n1. The van der Waals surface area contributed by atoms with E-state index in [2.05, 4.69) is 10.2 Å². The quantitative estimate of drug-likeness (QED) is 0.729. The summed E-state index contributed by atoms with van der Waals surface area (Å²) in [7, 11) is 0. The summed E-state index contributed by atoms with van der Waals surface area (Å²) in [6.07, 6.45) is 0.682. The summed E-state index contributed by atoms with van der Waals surface area (Å²) >= 11 is 0. The van der Waals surface area contributed by atoms with Gasteiger partial charge in [-0.1, -0.05) is 0 Å². The number of benzene rings is 1. The van der Waals surface area contributed by atoms with E-state index in [0.717, 1.165) is 6.07 Å². The van der Waals surface area contributed by atoms with Gasteiger partial charge < -0.3 is 20.3 Å². The second kappa shape index (κ2) is 4.34. The lowest BCUT2D eigenvalue weighted by atomic mass is 10.1. The van der Waals surface area contributed by atoms with E-state index in [4.69, 9.17) is 15.2 Å². The zero-order valence-electron chi connectivity index (χ0n) is 9.94. The smallest absolute Gasteiger partial charge is 0.174 e. The van der Waals surface area contributed by atoms with E-state index in [1.54, 1.807) is 0 Å². The number of aromatic nitrogens is 2. The van der Waals surface area contributed by atoms with E-state index in [-0.39, 0.29) is 17.1 Å². The number of H-pyrrole nitrogens is 1. The summed E-state index contributed by atoms with van der Waals surface area (Å²) in [5.74, 6) is -0.515. The molecule has 0 saturated heterocycles. The van der Waals surface area contributed by atoms with Crippen LogP contribution in [0.15, 0.2) is 12.1 Å². The molecule has 6 nitrogen and oxygen atoms in total. The van der Waals surface area contributed by atoms with Crippen molar-refractivity contribution in [3.05, 3.63) is 17.9 Å². The van der Waals surface area contributed by atoms with Crippen LogP contribution >= 0.6 is 0 Å². The number of rotatable bonds is 1. The van der Waals surface area contributed by atoms with Crippen molar-refractivity contribution in [3.63, 3.8) is 0 Å². The molecule has 0 amide bonds. The van der Waals surface area contributed by atoms with Gasteiger partial charge in [-0.05, 0) is 0 Å². The van der Waals surface area contributed by atoms with Gasteiger partial charge in [-0.2, -0.15) is 5.10 Å². The van der Waals surface area contributed by atoms with Gasteiger partial charge >= 0.3 is 0 Å². The number of ether oxygens (including phenoxy) is 2. The molecule has 0 atom stereocenters. The standard InChI is InChI=1S/C12H12FN3O3/c13-6-4-8-12(19-3-1-2-18-8)10(11(6)17)7-5-9(14)16-15-7/h4-5,17H,1-3H2,(H3,14,15,16). The van der Waals surface area contributed by atoms with Crippen molar-refractivity contribution in [2.75, 3.05) is 18.9 Å². The molecule has 1 aliphatic heterocycles. The number of halogens is 1. The van der Waals surface area contributed by atoms with Crippen LogP contribution in [0.5, 0.6) is 17.2 Å². The number of aromatic hydroxyl groups is 1. The van der Waals surface area contributed by atoms with Gasteiger partial charge in [0.2, 0.25) is 0 Å². The molecule has 100 valence electrons. The van der Waals surface area contributed by atoms with E-state index >= 15 is 0 Å². The van der Waals surface area contributed by atoms with Gasteiger partial charge in [-0.3, -0.25) is 5.10 Å². The molecule has 0 bridgehead atoms. The van der Waals surface area contributed by atoms with Gasteiger partial charge in [-0.25, -0.2) is 4.39 Å². The maximum atomic E-state index is 13.7. The number of nitrogens with zero attached hydrogens (tertiary/aromatic N) is 1. The van der Waals surface area contributed by atoms with Gasteiger partial charge in [0.1, 0.15) is 5.82 Å². The summed E-state index contributed by atoms with van der Waals surface area (Å²) in [6, 6.07) is 2.60. The lowest BCUT2D eigenvalue weighted by Gasteiger charge is -2.13. The fourth-order valence-corrected chi connectivity index (χ4v) is 1.98. The van der Waals surface area contributed by atoms with E-state index in [0.29, 0.717) is 31.1 Å². The highest BCUT2D eigenvalue weighted by Crippen LogP contribution is 2.46. The first kappa shape index (κ1) is 11.6. The number of phenolic OH excluding ortho intramolecular Hbond substituents is 1. The number of hydrogen-bond donors (Lipinski definition) is 3. The summed E-state index contributed by atoms with van der Waals surface area (Å²) in [4.78, 5) is 0. The van der Waals surface area contributed by atoms with Crippen LogP contribution < -0.4 is 15.2 Å². The molecule has 0 saturated carbocycles. The Labute approximate surface area is 108 Å². The average molecular weight is 265 g/mol. The summed E-state index contributed by atoms with van der Waals surface area (Å²) < 4.78 is 24.7. The van der Waals surface area contributed by atoms with Crippen LogP contribution in [0, 0.1) is 5.82 Å². The van der Waals surface area contributed by atoms with E-state index in [1.165, 1.54) is 6.07 Å². The Morgan fingerprint density at radius 2 is 2.11 bits per heavy atom. The van der Waals surface area contributed by atoms with Crippen LogP contribution in [-0.2, 0) is 0 Å². The fraction of sp³-hybridized carbons (Fsp3) is 0.250. The van der Waals surface area contributed by atoms with Gasteiger partial charge in [0, 0.05) is 18.6 Å². The van der Waals surface area contributed by atoms with Gasteiger partial charge in [0.05, 0.1) is 24.5 Å². The molecule has 7 heteroatoms. The molecule has 4 N–H and O–H groups in total. The number of aromatic amines is 1. The minimum absolute atomic E-state index is 0.168. The van der Waals surface area contributed by atoms with Crippen molar-refractivity contribution in [3.8, 4) is 28.5 Å². The van der Waals surface area contributed by atoms with Crippen LogP contribution in [0.1, 0.15) is 6.42 Å². The first-order valence-corrected chi connectivity index (χ1v) is 5.79. The van der Waals surface area contributed by atoms with Crippen LogP contribution in [0.2, 0.25) is 0 Å². The normalized spacial score (nSPS) is 14.2. The Kier molecular flexibility index (Phi) is 2.66. The third-order valence-corrected chi connectivity index (χ3v) is 2.83. The summed E-state index contributed by atoms with van der Waals surface area (Å²) in [5, 5.41) is 16.3. The lowest BCUT2D eigenvalue weighted by Crippen LogP contribution is -1.98. The first-order valence-electron chi connectivity index (χ1n) is 5.79. The molecular formula is C12H12FN3O3. The number of nitrogens with one attached hydrogen (secondary N) is 1. The van der Waals surface area contributed by atoms with Crippen LogP contribution in [0.4, 0.5) is 10.2 Å². The van der Waals surface area contributed by atoms with E-state index < -0.39 is 11.6 Å². The van der Waals surface area contributed by atoms with Crippen molar-refractivity contribution in [2.24, 2.45) is 0 Å². The largest absolute Gasteiger partial charge is 0.504 e. The molecule has 0 aliphatic carbocycles. The molecule has 2 heterocycles. The van der Waals surface area contributed by atoms with Crippen molar-refractivity contribution in [2.45, 2.75) is 6.42 Å². The highest BCUT2D eigenvalue weighted by Gasteiger charge is 2.24. The third-order valence-electron chi connectivity index (χ3n) is 2.83. The van der Waals surface area contributed by atoms with Crippen LogP contribution in [0.3, 0.4) is 0 Å². The maximum absolute atomic E-state index is 13.7. The number of fused-ring (bicyclic) bond motifs is 1. The molecule has 0 unspecified atom stereocenters. The minimum atomic E-state index is -0.785. The molecule has 3 rings (SSSR count). The Morgan fingerprint density at radius 3 is 2.84 bits per heavy atom. The Morgan fingerprint density at radius 1 is 1.32 bits per heavy atom. The molecular weight excluding hydrogens is 253 g/mol. The van der Waals surface area contributed by atoms with Gasteiger partial charge in [0.25, 0.3) is 0 Å². The molecule has 1 aromatic heterocycles. The molecule has 19 heavy (non-hydrogen) atoms. The van der Waals surface area contributed by atoms with Gasteiger partial charge in [-0.15, -0.1) is 0 Å². The number of nitrogen functional groups attached to an aromatic ring is 1. The van der Waals surface area contributed by atoms with Crippen LogP contribution in [-0.4, -0.2) is 28.5 Å². The van der Waals surface area contributed by atoms with E-state index in [9.17, 15) is 9.50 Å². The number of phenols is 1. The summed E-state index contributed by atoms with van der Waals surface area (Å²) in [6.45, 7) is 0.858. The lowest BCUT2D eigenvalue weighted by molar-refractivity contribution is 0.297. The number of nitrogens with two attached hydrogens (primary N) is 1. The summed E-state index contributed by atoms with van der Waals surface area (Å²) in [5.41, 5.74) is 6.06. The Hall–Kier alpha value is -2.44. The molecule has 0 spiro atoms. The number of hydrogen-bond acceptors (Lipinski definition) is 5. The highest BCUT2D eigenvalue weighted by atomic mass is 19.1. The first-order chi connectivity index (χ1) is 9.16. The Balaban J connectivity index is 2.24. The van der Waals surface area contributed by atoms with Crippen molar-refractivity contribution < 1.29 is 19.0 Å². The zero-order valence-corrected chi connectivity index (χ0v) is 9.94. The second-order valence-electron chi connectivity index (χ2n) is 4.17. The molecule has 0 fully saturated rings. The second-order valence-corrected chi connectivity index (χ2v) is 4.17. The topological polar surface area (TPSA) is 93.4 Å².